The Morgan fingerprint density at radius 3 is 2.21 bits per heavy atom. The van der Waals surface area contributed by atoms with Gasteiger partial charge in [-0.3, -0.25) is 9.00 Å². The molecule has 0 radical (unpaired) electrons. The van der Waals surface area contributed by atoms with E-state index in [-0.39, 0.29) is 17.6 Å². The van der Waals surface area contributed by atoms with E-state index in [9.17, 15) is 9.00 Å². The normalized spacial score (nSPS) is 14.1. The van der Waals surface area contributed by atoms with E-state index in [1.54, 1.807) is 14.0 Å². The maximum Gasteiger partial charge on any atom is 0.306 e. The van der Waals surface area contributed by atoms with Gasteiger partial charge in [-0.05, 0) is 0 Å². The Morgan fingerprint density at radius 2 is 1.63 bits per heavy atom. The Bertz CT molecular complexity index is 259. The number of esters is 1. The summed E-state index contributed by atoms with van der Waals surface area (Å²) in [5.74, 6) is 0.0734. The lowest BCUT2D eigenvalue weighted by Crippen LogP contribution is -2.21. The lowest BCUT2D eigenvalue weighted by Gasteiger charge is -2.10. The van der Waals surface area contributed by atoms with E-state index in [0.717, 1.165) is 0 Å². The van der Waals surface area contributed by atoms with Gasteiger partial charge in [-0.25, -0.2) is 0 Å². The molecule has 0 spiro atoms. The van der Waals surface area contributed by atoms with Crippen molar-refractivity contribution in [2.75, 3.05) is 53.0 Å². The molecule has 2 unspecified atom stereocenters. The quantitative estimate of drug-likeness (QED) is 0.383. The second-order valence-electron chi connectivity index (χ2n) is 3.89. The number of rotatable bonds is 12. The van der Waals surface area contributed by atoms with Crippen LogP contribution >= 0.6 is 0 Å². The third-order valence-electron chi connectivity index (χ3n) is 2.36. The van der Waals surface area contributed by atoms with Crippen LogP contribution in [0, 0.1) is 0 Å². The van der Waals surface area contributed by atoms with Gasteiger partial charge < -0.3 is 18.9 Å². The number of ether oxygens (including phenoxy) is 4. The zero-order valence-corrected chi connectivity index (χ0v) is 12.7. The van der Waals surface area contributed by atoms with Crippen molar-refractivity contribution >= 4 is 16.8 Å². The predicted octanol–water partition coefficient (Wildman–Crippen LogP) is 0.366. The highest BCUT2D eigenvalue weighted by atomic mass is 32.2. The number of hydrogen-bond acceptors (Lipinski definition) is 6. The van der Waals surface area contributed by atoms with Gasteiger partial charge in [0.2, 0.25) is 0 Å². The molecule has 0 saturated carbocycles. The average Bonchev–Trinajstić information content (AvgIpc) is 2.41. The Hall–Kier alpha value is -0.500. The molecule has 114 valence electrons. The monoisotopic (exact) mass is 296 g/mol. The van der Waals surface area contributed by atoms with Crippen LogP contribution in [0.15, 0.2) is 0 Å². The van der Waals surface area contributed by atoms with Gasteiger partial charge in [-0.1, -0.05) is 6.92 Å². The minimum atomic E-state index is -1.08. The molecule has 0 aromatic carbocycles. The van der Waals surface area contributed by atoms with Crippen LogP contribution in [0.5, 0.6) is 0 Å². The smallest absolute Gasteiger partial charge is 0.306 e. The molecule has 19 heavy (non-hydrogen) atoms. The molecule has 0 saturated heterocycles. The Morgan fingerprint density at radius 1 is 1.05 bits per heavy atom. The summed E-state index contributed by atoms with van der Waals surface area (Å²) >= 11 is 0. The van der Waals surface area contributed by atoms with E-state index in [4.69, 9.17) is 14.2 Å². The minimum Gasteiger partial charge on any atom is -0.469 e. The molecule has 0 heterocycles. The molecule has 0 bridgehead atoms. The van der Waals surface area contributed by atoms with Gasteiger partial charge in [0, 0.05) is 28.9 Å². The van der Waals surface area contributed by atoms with Gasteiger partial charge in [0.25, 0.3) is 0 Å². The molecule has 0 aliphatic heterocycles. The molecular formula is C12H24O6S. The standard InChI is InChI=1S/C12H24O6S/c1-11(10-12(13)16-3)19(14)9-8-18-7-6-17-5-4-15-2/h11H,4-10H2,1-3H3. The highest BCUT2D eigenvalue weighted by Crippen LogP contribution is 2.03. The van der Waals surface area contributed by atoms with E-state index in [1.807, 2.05) is 0 Å². The highest BCUT2D eigenvalue weighted by molar-refractivity contribution is 7.85. The fourth-order valence-electron chi connectivity index (χ4n) is 1.22. The van der Waals surface area contributed by atoms with Gasteiger partial charge in [-0.2, -0.15) is 0 Å². The first-order valence-corrected chi connectivity index (χ1v) is 7.58. The molecule has 0 aromatic rings. The van der Waals surface area contributed by atoms with Gasteiger partial charge in [0.05, 0.1) is 46.6 Å². The summed E-state index contributed by atoms with van der Waals surface area (Å²) in [6.45, 7) is 4.23. The van der Waals surface area contributed by atoms with Crippen LogP contribution < -0.4 is 0 Å². The van der Waals surface area contributed by atoms with Crippen LogP contribution in [0.25, 0.3) is 0 Å². The second kappa shape index (κ2) is 12.5. The molecule has 2 atom stereocenters. The number of carbonyl (C=O) groups excluding carboxylic acids is 1. The molecule has 0 fully saturated rings. The van der Waals surface area contributed by atoms with E-state index in [1.165, 1.54) is 7.11 Å². The SMILES string of the molecule is COCCOCCOCCS(=O)C(C)CC(=O)OC. The Balaban J connectivity index is 3.45. The van der Waals surface area contributed by atoms with E-state index >= 15 is 0 Å². The Labute approximate surface area is 117 Å². The van der Waals surface area contributed by atoms with Gasteiger partial charge >= 0.3 is 5.97 Å². The average molecular weight is 296 g/mol. The first-order valence-electron chi connectivity index (χ1n) is 6.20. The van der Waals surface area contributed by atoms with Gasteiger partial charge in [-0.15, -0.1) is 0 Å². The van der Waals surface area contributed by atoms with Crippen LogP contribution in [-0.2, 0) is 34.5 Å². The minimum absolute atomic E-state index is 0.170. The van der Waals surface area contributed by atoms with Crippen LogP contribution in [0.3, 0.4) is 0 Å². The second-order valence-corrected chi connectivity index (χ2v) is 5.87. The van der Waals surface area contributed by atoms with Crippen molar-refractivity contribution in [3.8, 4) is 0 Å². The van der Waals surface area contributed by atoms with Crippen molar-refractivity contribution in [1.82, 2.24) is 0 Å². The molecular weight excluding hydrogens is 272 g/mol. The molecule has 0 aliphatic rings. The van der Waals surface area contributed by atoms with Gasteiger partial charge in [0.15, 0.2) is 0 Å². The fraction of sp³-hybridized carbons (Fsp3) is 0.917. The van der Waals surface area contributed by atoms with E-state index < -0.39 is 10.8 Å². The Kier molecular flexibility index (Phi) is 12.2. The largest absolute Gasteiger partial charge is 0.469 e. The van der Waals surface area contributed by atoms with Crippen LogP contribution in [-0.4, -0.2) is 68.4 Å². The molecule has 0 aliphatic carbocycles. The van der Waals surface area contributed by atoms with Crippen LogP contribution in [0.1, 0.15) is 13.3 Å². The maximum atomic E-state index is 11.7. The number of hydrogen-bond donors (Lipinski definition) is 0. The van der Waals surface area contributed by atoms with Crippen molar-refractivity contribution in [3.05, 3.63) is 0 Å². The summed E-state index contributed by atoms with van der Waals surface area (Å²) < 4.78 is 31.6. The van der Waals surface area contributed by atoms with Crippen molar-refractivity contribution in [1.29, 1.82) is 0 Å². The molecule has 7 heteroatoms. The molecule has 0 rings (SSSR count). The zero-order chi connectivity index (χ0) is 14.5. The van der Waals surface area contributed by atoms with Crippen molar-refractivity contribution < 1.29 is 28.0 Å². The topological polar surface area (TPSA) is 71.1 Å². The number of carbonyl (C=O) groups is 1. The molecule has 0 amide bonds. The predicted molar refractivity (Wildman–Crippen MR) is 72.6 cm³/mol. The van der Waals surface area contributed by atoms with E-state index in [2.05, 4.69) is 4.74 Å². The summed E-state index contributed by atoms with van der Waals surface area (Å²) in [5, 5.41) is -0.214. The van der Waals surface area contributed by atoms with E-state index in [0.29, 0.717) is 38.8 Å². The lowest BCUT2D eigenvalue weighted by molar-refractivity contribution is -0.140. The summed E-state index contributed by atoms with van der Waals surface area (Å²) in [6.07, 6.45) is 0.170. The third kappa shape index (κ3) is 11.1. The first-order chi connectivity index (χ1) is 9.11. The fourth-order valence-corrected chi connectivity index (χ4v) is 2.22. The van der Waals surface area contributed by atoms with Crippen molar-refractivity contribution in [2.45, 2.75) is 18.6 Å². The highest BCUT2D eigenvalue weighted by Gasteiger charge is 2.15. The summed E-state index contributed by atoms with van der Waals surface area (Å²) in [5.41, 5.74) is 0. The summed E-state index contributed by atoms with van der Waals surface area (Å²) in [6, 6.07) is 0. The summed E-state index contributed by atoms with van der Waals surface area (Å²) in [4.78, 5) is 11.0. The number of methoxy groups -OCH3 is 2. The van der Waals surface area contributed by atoms with Crippen molar-refractivity contribution in [2.24, 2.45) is 0 Å². The zero-order valence-electron chi connectivity index (χ0n) is 11.9. The molecule has 6 nitrogen and oxygen atoms in total. The van der Waals surface area contributed by atoms with Gasteiger partial charge in [0.1, 0.15) is 0 Å². The molecule has 0 aromatic heterocycles. The summed E-state index contributed by atoms with van der Waals surface area (Å²) in [7, 11) is 1.86. The maximum absolute atomic E-state index is 11.7. The van der Waals surface area contributed by atoms with Crippen LogP contribution in [0.4, 0.5) is 0 Å². The van der Waals surface area contributed by atoms with Crippen LogP contribution in [0.2, 0.25) is 0 Å². The molecule has 0 N–H and O–H groups in total. The third-order valence-corrected chi connectivity index (χ3v) is 4.00. The van der Waals surface area contributed by atoms with Crippen molar-refractivity contribution in [3.63, 3.8) is 0 Å². The lowest BCUT2D eigenvalue weighted by atomic mass is 10.3. The first kappa shape index (κ1) is 18.5.